The smallest absolute Gasteiger partial charge is 0.261 e. The molecule has 9 heteroatoms. The molecule has 1 aliphatic rings. The summed E-state index contributed by atoms with van der Waals surface area (Å²) in [6.07, 6.45) is 3.38. The number of rotatable bonds is 5. The van der Waals surface area contributed by atoms with Crippen molar-refractivity contribution in [3.63, 3.8) is 0 Å². The minimum Gasteiger partial charge on any atom is -0.487 e. The number of halogens is 2. The summed E-state index contributed by atoms with van der Waals surface area (Å²) in [6, 6.07) is 9.66. The van der Waals surface area contributed by atoms with Crippen molar-refractivity contribution in [3.05, 3.63) is 52.6 Å². The highest BCUT2D eigenvalue weighted by Crippen LogP contribution is 2.35. The van der Waals surface area contributed by atoms with Gasteiger partial charge in [-0.2, -0.15) is 0 Å². The fourth-order valence-corrected chi connectivity index (χ4v) is 5.12. The lowest BCUT2D eigenvalue weighted by atomic mass is 9.94. The molecule has 2 heterocycles. The molecule has 3 N–H and O–H groups in total. The third-order valence-electron chi connectivity index (χ3n) is 5.14. The second-order valence-corrected chi connectivity index (χ2v) is 9.86. The standard InChI is InChI=1S/C20H21Cl2N3O3S/c1-20(8-10-23-11-9-20)28-13-2-4-14(5-3-13)29(26,27)25-17-7-6-15(21)18-16(22)12-24-19(17)18/h2-7,12,23-25H,8-11H2,1H3. The van der Waals surface area contributed by atoms with Gasteiger partial charge < -0.3 is 15.0 Å². The number of benzene rings is 2. The van der Waals surface area contributed by atoms with E-state index in [1.54, 1.807) is 30.5 Å². The van der Waals surface area contributed by atoms with Gasteiger partial charge in [0.05, 0.1) is 26.1 Å². The maximum Gasteiger partial charge on any atom is 0.261 e. The Morgan fingerprint density at radius 2 is 1.72 bits per heavy atom. The summed E-state index contributed by atoms with van der Waals surface area (Å²) in [6.45, 7) is 3.89. The van der Waals surface area contributed by atoms with Gasteiger partial charge in [-0.1, -0.05) is 23.2 Å². The van der Waals surface area contributed by atoms with Gasteiger partial charge in [0.2, 0.25) is 0 Å². The van der Waals surface area contributed by atoms with Gasteiger partial charge in [0.15, 0.2) is 0 Å². The van der Waals surface area contributed by atoms with Gasteiger partial charge in [0, 0.05) is 11.6 Å². The number of anilines is 1. The number of ether oxygens (including phenoxy) is 1. The first kappa shape index (κ1) is 20.3. The zero-order valence-corrected chi connectivity index (χ0v) is 18.1. The van der Waals surface area contributed by atoms with E-state index < -0.39 is 10.0 Å². The molecule has 29 heavy (non-hydrogen) atoms. The van der Waals surface area contributed by atoms with Crippen LogP contribution in [-0.4, -0.2) is 32.1 Å². The molecule has 0 aliphatic carbocycles. The van der Waals surface area contributed by atoms with Crippen molar-refractivity contribution in [2.45, 2.75) is 30.3 Å². The molecule has 1 aromatic heterocycles. The Balaban J connectivity index is 1.56. The lowest BCUT2D eigenvalue weighted by Gasteiger charge is -2.34. The zero-order chi connectivity index (χ0) is 20.6. The van der Waals surface area contributed by atoms with Crippen LogP contribution in [-0.2, 0) is 10.0 Å². The molecule has 0 radical (unpaired) electrons. The highest BCUT2D eigenvalue weighted by Gasteiger charge is 2.28. The fourth-order valence-electron chi connectivity index (χ4n) is 3.49. The average molecular weight is 454 g/mol. The molecule has 1 saturated heterocycles. The summed E-state index contributed by atoms with van der Waals surface area (Å²) < 4.78 is 34.4. The number of piperidine rings is 1. The number of nitrogens with one attached hydrogen (secondary N) is 3. The van der Waals surface area contributed by atoms with Gasteiger partial charge in [-0.3, -0.25) is 4.72 Å². The Hall–Kier alpha value is -1.93. The normalized spacial score (nSPS) is 16.7. The molecule has 2 aromatic carbocycles. The number of aromatic nitrogens is 1. The molecule has 4 rings (SSSR count). The quantitative estimate of drug-likeness (QED) is 0.518. The van der Waals surface area contributed by atoms with E-state index in [0.29, 0.717) is 32.4 Å². The number of hydrogen-bond donors (Lipinski definition) is 3. The average Bonchev–Trinajstić information content (AvgIpc) is 3.07. The highest BCUT2D eigenvalue weighted by molar-refractivity contribution is 7.92. The lowest BCUT2D eigenvalue weighted by molar-refractivity contribution is 0.0555. The van der Waals surface area contributed by atoms with Crippen molar-refractivity contribution < 1.29 is 13.2 Å². The van der Waals surface area contributed by atoms with Gasteiger partial charge in [0.1, 0.15) is 11.4 Å². The van der Waals surface area contributed by atoms with E-state index in [0.717, 1.165) is 25.9 Å². The summed E-state index contributed by atoms with van der Waals surface area (Å²) in [5, 5.41) is 4.76. The number of hydrogen-bond acceptors (Lipinski definition) is 4. The molecule has 0 unspecified atom stereocenters. The van der Waals surface area contributed by atoms with Crippen LogP contribution in [0.25, 0.3) is 10.9 Å². The number of aromatic amines is 1. The summed E-state index contributed by atoms with van der Waals surface area (Å²) >= 11 is 12.3. The van der Waals surface area contributed by atoms with E-state index >= 15 is 0 Å². The Bertz CT molecular complexity index is 1140. The lowest BCUT2D eigenvalue weighted by Crippen LogP contribution is -2.43. The first-order valence-electron chi connectivity index (χ1n) is 9.25. The van der Waals surface area contributed by atoms with Crippen LogP contribution in [0.4, 0.5) is 5.69 Å². The first-order valence-corrected chi connectivity index (χ1v) is 11.5. The van der Waals surface area contributed by atoms with Gasteiger partial charge in [-0.15, -0.1) is 0 Å². The second-order valence-electron chi connectivity index (χ2n) is 7.36. The topological polar surface area (TPSA) is 83.2 Å². The third-order valence-corrected chi connectivity index (χ3v) is 7.13. The molecule has 3 aromatic rings. The van der Waals surface area contributed by atoms with E-state index in [2.05, 4.69) is 21.9 Å². The molecule has 6 nitrogen and oxygen atoms in total. The molecule has 1 aliphatic heterocycles. The van der Waals surface area contributed by atoms with E-state index in [-0.39, 0.29) is 10.5 Å². The van der Waals surface area contributed by atoms with E-state index in [9.17, 15) is 8.42 Å². The minimum atomic E-state index is -3.80. The molecular formula is C20H21Cl2N3O3S. The Labute approximate surface area is 179 Å². The molecule has 0 amide bonds. The molecule has 0 spiro atoms. The number of H-pyrrole nitrogens is 1. The molecular weight excluding hydrogens is 433 g/mol. The molecule has 0 bridgehead atoms. The van der Waals surface area contributed by atoms with Crippen LogP contribution in [0.1, 0.15) is 19.8 Å². The zero-order valence-electron chi connectivity index (χ0n) is 15.8. The maximum absolute atomic E-state index is 12.9. The van der Waals surface area contributed by atoms with Crippen LogP contribution in [0.3, 0.4) is 0 Å². The monoisotopic (exact) mass is 453 g/mol. The second kappa shape index (κ2) is 7.72. The summed E-state index contributed by atoms with van der Waals surface area (Å²) in [5.74, 6) is 0.651. The van der Waals surface area contributed by atoms with Gasteiger partial charge in [-0.05, 0) is 69.3 Å². The van der Waals surface area contributed by atoms with Gasteiger partial charge in [-0.25, -0.2) is 8.42 Å². The summed E-state index contributed by atoms with van der Waals surface area (Å²) in [4.78, 5) is 3.10. The van der Waals surface area contributed by atoms with Crippen molar-refractivity contribution in [1.29, 1.82) is 0 Å². The van der Waals surface area contributed by atoms with Gasteiger partial charge >= 0.3 is 0 Å². The van der Waals surface area contributed by atoms with Crippen molar-refractivity contribution >= 4 is 49.8 Å². The third kappa shape index (κ3) is 4.19. The van der Waals surface area contributed by atoms with Crippen LogP contribution in [0.2, 0.25) is 10.0 Å². The molecule has 0 saturated carbocycles. The SMILES string of the molecule is CC1(Oc2ccc(S(=O)(=O)Nc3ccc(Cl)c4c(Cl)c[nH]c34)cc2)CCNCC1. The predicted molar refractivity (Wildman–Crippen MR) is 117 cm³/mol. The van der Waals surface area contributed by atoms with E-state index in [1.807, 2.05) is 0 Å². The van der Waals surface area contributed by atoms with E-state index in [1.165, 1.54) is 12.1 Å². The number of sulfonamides is 1. The Morgan fingerprint density at radius 3 is 2.41 bits per heavy atom. The Kier molecular flexibility index (Phi) is 5.42. The van der Waals surface area contributed by atoms with E-state index in [4.69, 9.17) is 27.9 Å². The van der Waals surface area contributed by atoms with Crippen LogP contribution >= 0.6 is 23.2 Å². The molecule has 1 fully saturated rings. The largest absolute Gasteiger partial charge is 0.487 e. The van der Waals surface area contributed by atoms with Crippen LogP contribution in [0.15, 0.2) is 47.5 Å². The first-order chi connectivity index (χ1) is 13.8. The van der Waals surface area contributed by atoms with Crippen LogP contribution in [0.5, 0.6) is 5.75 Å². The van der Waals surface area contributed by atoms with Crippen molar-refractivity contribution in [2.75, 3.05) is 17.8 Å². The Morgan fingerprint density at radius 1 is 1.03 bits per heavy atom. The van der Waals surface area contributed by atoms with Crippen molar-refractivity contribution in [3.8, 4) is 5.75 Å². The molecule has 154 valence electrons. The van der Waals surface area contributed by atoms with Gasteiger partial charge in [0.25, 0.3) is 10.0 Å². The van der Waals surface area contributed by atoms with Crippen molar-refractivity contribution in [1.82, 2.24) is 10.3 Å². The minimum absolute atomic E-state index is 0.140. The number of fused-ring (bicyclic) bond motifs is 1. The highest BCUT2D eigenvalue weighted by atomic mass is 35.5. The molecule has 0 atom stereocenters. The maximum atomic E-state index is 12.9. The van der Waals surface area contributed by atoms with Crippen LogP contribution in [0, 0.1) is 0 Å². The summed E-state index contributed by atoms with van der Waals surface area (Å²) in [5.41, 5.74) is 0.662. The summed E-state index contributed by atoms with van der Waals surface area (Å²) in [7, 11) is -3.80. The van der Waals surface area contributed by atoms with Crippen molar-refractivity contribution in [2.24, 2.45) is 0 Å². The predicted octanol–water partition coefficient (Wildman–Crippen LogP) is 4.80. The fraction of sp³-hybridized carbons (Fsp3) is 0.300. The van der Waals surface area contributed by atoms with Crippen LogP contribution < -0.4 is 14.8 Å².